The van der Waals surface area contributed by atoms with Gasteiger partial charge in [0, 0.05) is 93.2 Å². The van der Waals surface area contributed by atoms with Crippen LogP contribution in [0.25, 0.3) is 0 Å². The second-order valence-electron chi connectivity index (χ2n) is 18.3. The number of carbonyl (C=O) groups excluding carboxylic acids is 6. The Hall–Kier alpha value is -8.38. The highest BCUT2D eigenvalue weighted by molar-refractivity contribution is 8.01. The van der Waals surface area contributed by atoms with E-state index in [9.17, 15) is 28.8 Å². The Bertz CT molecular complexity index is 3160. The summed E-state index contributed by atoms with van der Waals surface area (Å²) >= 11 is 5.13. The lowest BCUT2D eigenvalue weighted by atomic mass is 10.0. The molecule has 12 bridgehead atoms. The van der Waals surface area contributed by atoms with Gasteiger partial charge in [0.2, 0.25) is 0 Å². The third-order valence-corrected chi connectivity index (χ3v) is 15.5. The van der Waals surface area contributed by atoms with Gasteiger partial charge in [-0.15, -0.1) is 0 Å². The van der Waals surface area contributed by atoms with Crippen molar-refractivity contribution in [3.8, 4) is 47.4 Å². The van der Waals surface area contributed by atoms with E-state index in [-0.39, 0.29) is 50.8 Å². The molecule has 0 N–H and O–H groups in total. The average molecular weight is 1260 g/mol. The maximum Gasteiger partial charge on any atom is 0.350 e. The minimum absolute atomic E-state index is 0.0252. The summed E-state index contributed by atoms with van der Waals surface area (Å²) in [5, 5.41) is 0. The van der Waals surface area contributed by atoms with E-state index < -0.39 is 35.8 Å². The van der Waals surface area contributed by atoms with E-state index in [1.165, 1.54) is 23.5 Å². The summed E-state index contributed by atoms with van der Waals surface area (Å²) in [5.74, 6) is 24.8. The van der Waals surface area contributed by atoms with Crippen LogP contribution in [0.3, 0.4) is 0 Å². The molecule has 6 aromatic rings. The van der Waals surface area contributed by atoms with Crippen molar-refractivity contribution in [2.45, 2.75) is 0 Å². The van der Waals surface area contributed by atoms with Crippen molar-refractivity contribution in [1.82, 2.24) is 0 Å². The number of hydrogen-bond donors (Lipinski definition) is 0. The first kappa shape index (κ1) is 67.1. The van der Waals surface area contributed by atoms with Gasteiger partial charge in [-0.05, 0) is 133 Å². The van der Waals surface area contributed by atoms with Crippen LogP contribution < -0.4 is 0 Å². The molecule has 0 amide bonds. The summed E-state index contributed by atoms with van der Waals surface area (Å²) in [5.41, 5.74) is 6.22. The molecule has 16 nitrogen and oxygen atoms in total. The van der Waals surface area contributed by atoms with Gasteiger partial charge in [-0.2, -0.15) is 23.5 Å². The van der Waals surface area contributed by atoms with Gasteiger partial charge in [-0.25, -0.2) is 28.8 Å². The average Bonchev–Trinajstić information content (AvgIpc) is 3.73. The van der Waals surface area contributed by atoms with Gasteiger partial charge in [0.25, 0.3) is 0 Å². The summed E-state index contributed by atoms with van der Waals surface area (Å²) in [4.78, 5) is 77.9. The van der Waals surface area contributed by atoms with E-state index in [1.807, 2.05) is 0 Å². The van der Waals surface area contributed by atoms with Crippen LogP contribution in [-0.4, -0.2) is 151 Å². The molecule has 7 aliphatic heterocycles. The normalized spacial score (nSPS) is 13.7. The molecular formula is C68H60O16S4. The quantitative estimate of drug-likeness (QED) is 0.0328. The van der Waals surface area contributed by atoms with Crippen molar-refractivity contribution in [3.05, 3.63) is 211 Å². The molecule has 88 heavy (non-hydrogen) atoms. The molecule has 0 atom stereocenters. The van der Waals surface area contributed by atoms with E-state index in [4.69, 9.17) is 46.3 Å². The summed E-state index contributed by atoms with van der Waals surface area (Å²) in [6, 6.07) is 36.5. The lowest BCUT2D eigenvalue weighted by Crippen LogP contribution is -2.13. The molecule has 20 heteroatoms. The van der Waals surface area contributed by atoms with Gasteiger partial charge in [0.15, 0.2) is 0 Å². The SMILES string of the molecule is COCCOCCOC(=O)c1cc2cc(c1)C#Cc1ccc(cc1)C(=O)OCCSCCSOC(=O)c1ccc(cc1)C#Cc1cc(cc(C(=O)OCCOCCOC)c1)C#Cc1ccc(cc1)C(=O)OSCCSCCOC(=O)c1ccc(cc1)C#C2. The highest BCUT2D eigenvalue weighted by atomic mass is 32.2. The van der Waals surface area contributed by atoms with Crippen LogP contribution in [0, 0.1) is 47.4 Å². The monoisotopic (exact) mass is 1260 g/mol. The van der Waals surface area contributed by atoms with E-state index in [2.05, 4.69) is 47.4 Å². The fraction of sp³-hybridized carbons (Fsp3) is 0.265. The summed E-state index contributed by atoms with van der Waals surface area (Å²) in [6.07, 6.45) is 0. The van der Waals surface area contributed by atoms with Gasteiger partial charge >= 0.3 is 35.8 Å². The first-order valence-electron chi connectivity index (χ1n) is 27.5. The second kappa shape index (κ2) is 38.0. The smallest absolute Gasteiger partial charge is 0.350 e. The molecule has 0 unspecified atom stereocenters. The Kier molecular flexibility index (Phi) is 29.0. The van der Waals surface area contributed by atoms with E-state index in [1.54, 1.807) is 148 Å². The molecule has 452 valence electrons. The number of carbonyl (C=O) groups is 6. The fourth-order valence-electron chi connectivity index (χ4n) is 7.39. The molecule has 0 radical (unpaired) electrons. The van der Waals surface area contributed by atoms with E-state index in [0.29, 0.717) is 128 Å². The van der Waals surface area contributed by atoms with Crippen molar-refractivity contribution in [2.75, 3.05) is 115 Å². The van der Waals surface area contributed by atoms with Gasteiger partial charge in [-0.1, -0.05) is 47.4 Å². The Balaban J connectivity index is 1.01. The lowest BCUT2D eigenvalue weighted by Gasteiger charge is -2.07. The van der Waals surface area contributed by atoms with Gasteiger partial charge in [0.1, 0.15) is 26.4 Å². The molecule has 0 aromatic heterocycles. The van der Waals surface area contributed by atoms with Crippen LogP contribution in [0.2, 0.25) is 0 Å². The number of ether oxygens (including phenoxy) is 8. The highest BCUT2D eigenvalue weighted by Gasteiger charge is 2.15. The topological polar surface area (TPSA) is 195 Å². The third-order valence-electron chi connectivity index (χ3n) is 11.8. The maximum absolute atomic E-state index is 13.2. The minimum Gasteiger partial charge on any atom is -0.461 e. The van der Waals surface area contributed by atoms with E-state index in [0.717, 1.165) is 24.1 Å². The fourth-order valence-corrected chi connectivity index (χ4v) is 10.3. The number of thioether (sulfide) groups is 2. The largest absolute Gasteiger partial charge is 0.461 e. The van der Waals surface area contributed by atoms with Gasteiger partial charge in [-0.3, -0.25) is 0 Å². The lowest BCUT2D eigenvalue weighted by molar-refractivity contribution is 0.0209. The zero-order valence-electron chi connectivity index (χ0n) is 48.2. The second-order valence-corrected chi connectivity index (χ2v) is 22.3. The first-order chi connectivity index (χ1) is 43.0. The first-order valence-corrected chi connectivity index (χ1v) is 31.6. The van der Waals surface area contributed by atoms with Crippen LogP contribution in [0.1, 0.15) is 107 Å². The number of hydrogen-bond acceptors (Lipinski definition) is 20. The van der Waals surface area contributed by atoms with Crippen LogP contribution in [0.4, 0.5) is 0 Å². The van der Waals surface area contributed by atoms with Crippen LogP contribution in [0.15, 0.2) is 133 Å². The molecule has 13 rings (SSSR count). The zero-order valence-corrected chi connectivity index (χ0v) is 51.4. The molecule has 6 aromatic carbocycles. The molecule has 0 fully saturated rings. The van der Waals surface area contributed by atoms with Crippen molar-refractivity contribution >= 4 is 83.4 Å². The Morgan fingerprint density at radius 2 is 0.659 bits per heavy atom. The third kappa shape index (κ3) is 24.1. The Labute approximate surface area is 528 Å². The van der Waals surface area contributed by atoms with Crippen molar-refractivity contribution in [1.29, 1.82) is 0 Å². The summed E-state index contributed by atoms with van der Waals surface area (Å²) in [7, 11) is 3.13. The molecular weight excluding hydrogens is 1200 g/mol. The minimum atomic E-state index is -0.585. The number of benzene rings is 6. The highest BCUT2D eigenvalue weighted by Crippen LogP contribution is 2.19. The number of rotatable bonds is 14. The molecule has 0 saturated heterocycles. The molecule has 0 spiro atoms. The molecule has 7 heterocycles. The molecule has 0 saturated carbocycles. The predicted octanol–water partition coefficient (Wildman–Crippen LogP) is 10.0. The zero-order chi connectivity index (χ0) is 62.0. The summed E-state index contributed by atoms with van der Waals surface area (Å²) < 4.78 is 53.6. The van der Waals surface area contributed by atoms with Crippen molar-refractivity contribution in [3.63, 3.8) is 0 Å². The molecule has 0 aliphatic carbocycles. The Morgan fingerprint density at radius 1 is 0.364 bits per heavy atom. The van der Waals surface area contributed by atoms with Crippen molar-refractivity contribution < 1.29 is 75.0 Å². The van der Waals surface area contributed by atoms with Gasteiger partial charge < -0.3 is 46.3 Å². The number of methoxy groups -OCH3 is 2. The van der Waals surface area contributed by atoms with Crippen LogP contribution >= 0.6 is 47.6 Å². The molecule has 7 aliphatic rings. The number of esters is 4. The van der Waals surface area contributed by atoms with Crippen LogP contribution in [-0.2, 0) is 46.3 Å². The van der Waals surface area contributed by atoms with Gasteiger partial charge in [0.05, 0.1) is 97.1 Å². The standard InChI is InChI=1S/C68H60O16S4/c1-75-27-29-77-31-33-79-65(71)61-45-53-7-3-49-11-19-57(20-12-49)63(69)81-35-37-85-39-41-87-83-67(73)59-23-15-51(16-24-59)5-9-55-44-56(48-62(47-55)66(72)80-34-32-78-30-28-76-2)10-6-52-17-25-60(26-18-52)68(74)84-88-42-40-86-38-36-82-64(70)58-21-13-50(14-22-58)4-8-54(43-53)46-61/h11-26,43-48H,27-42H2,1-2H3. The van der Waals surface area contributed by atoms with E-state index >= 15 is 0 Å². The summed E-state index contributed by atoms with van der Waals surface area (Å²) in [6.45, 7) is 2.31. The maximum atomic E-state index is 13.2. The Morgan fingerprint density at radius 3 is 0.977 bits per heavy atom. The van der Waals surface area contributed by atoms with Crippen LogP contribution in [0.5, 0.6) is 0 Å². The predicted molar refractivity (Wildman–Crippen MR) is 339 cm³/mol. The van der Waals surface area contributed by atoms with Crippen molar-refractivity contribution in [2.24, 2.45) is 0 Å².